The minimum atomic E-state index is -0.774. The summed E-state index contributed by atoms with van der Waals surface area (Å²) in [7, 11) is 0. The molecule has 1 rings (SSSR count). The average molecular weight is 255 g/mol. The number of piperidine rings is 1. The average Bonchev–Trinajstić information content (AvgIpc) is 2.24. The highest BCUT2D eigenvalue weighted by Crippen LogP contribution is 2.26. The molecule has 0 aliphatic carbocycles. The molecule has 4 heteroatoms. The van der Waals surface area contributed by atoms with Gasteiger partial charge in [0.05, 0.1) is 0 Å². The zero-order valence-corrected chi connectivity index (χ0v) is 11.7. The van der Waals surface area contributed by atoms with E-state index in [-0.39, 0.29) is 23.8 Å². The predicted octanol–water partition coefficient (Wildman–Crippen LogP) is 2.67. The lowest BCUT2D eigenvalue weighted by Crippen LogP contribution is -2.45. The molecule has 18 heavy (non-hydrogen) atoms. The third-order valence-electron chi connectivity index (χ3n) is 3.32. The summed E-state index contributed by atoms with van der Waals surface area (Å²) in [6.07, 6.45) is 4.37. The van der Waals surface area contributed by atoms with Crippen LogP contribution in [0.4, 0.5) is 0 Å². The molecule has 0 spiro atoms. The van der Waals surface area contributed by atoms with Gasteiger partial charge in [0.15, 0.2) is 0 Å². The number of carboxylic acid groups (broad SMARTS) is 1. The molecule has 4 nitrogen and oxygen atoms in total. The normalized spacial score (nSPS) is 20.8. The van der Waals surface area contributed by atoms with Gasteiger partial charge in [0.1, 0.15) is 0 Å². The molecule has 1 N–H and O–H groups in total. The third kappa shape index (κ3) is 5.07. The second-order valence-corrected chi connectivity index (χ2v) is 6.41. The summed E-state index contributed by atoms with van der Waals surface area (Å²) in [5.41, 5.74) is -0.00806. The molecule has 104 valence electrons. The maximum atomic E-state index is 12.2. The highest BCUT2D eigenvalue weighted by molar-refractivity contribution is 5.77. The number of hydrogen-bond donors (Lipinski definition) is 1. The molecular formula is C14H25NO3. The van der Waals surface area contributed by atoms with Crippen molar-refractivity contribution < 1.29 is 14.7 Å². The van der Waals surface area contributed by atoms with E-state index in [1.807, 2.05) is 4.90 Å². The SMILES string of the molecule is CC(C)(C)CC(=O)N1CCCCC1CCC(=O)O. The van der Waals surface area contributed by atoms with Gasteiger partial charge in [-0.1, -0.05) is 20.8 Å². The maximum Gasteiger partial charge on any atom is 0.303 e. The van der Waals surface area contributed by atoms with E-state index in [0.29, 0.717) is 12.8 Å². The van der Waals surface area contributed by atoms with Gasteiger partial charge >= 0.3 is 5.97 Å². The Morgan fingerprint density at radius 2 is 1.94 bits per heavy atom. The Labute approximate surface area is 109 Å². The van der Waals surface area contributed by atoms with Crippen LogP contribution in [0.3, 0.4) is 0 Å². The fourth-order valence-corrected chi connectivity index (χ4v) is 2.47. The minimum Gasteiger partial charge on any atom is -0.481 e. The summed E-state index contributed by atoms with van der Waals surface area (Å²) < 4.78 is 0. The molecule has 0 radical (unpaired) electrons. The highest BCUT2D eigenvalue weighted by Gasteiger charge is 2.29. The molecule has 1 atom stereocenters. The zero-order valence-electron chi connectivity index (χ0n) is 11.7. The maximum absolute atomic E-state index is 12.2. The highest BCUT2D eigenvalue weighted by atomic mass is 16.4. The number of likely N-dealkylation sites (tertiary alicyclic amines) is 1. The van der Waals surface area contributed by atoms with Gasteiger partial charge in [-0.3, -0.25) is 9.59 Å². The Balaban J connectivity index is 2.58. The number of amides is 1. The number of aliphatic carboxylic acids is 1. The van der Waals surface area contributed by atoms with Crippen molar-refractivity contribution in [2.24, 2.45) is 5.41 Å². The van der Waals surface area contributed by atoms with Gasteiger partial charge < -0.3 is 10.0 Å². The van der Waals surface area contributed by atoms with Crippen molar-refractivity contribution in [2.45, 2.75) is 65.3 Å². The summed E-state index contributed by atoms with van der Waals surface area (Å²) in [5, 5.41) is 8.75. The molecule has 1 aliphatic rings. The molecule has 0 aromatic carbocycles. The van der Waals surface area contributed by atoms with Gasteiger partial charge in [0.25, 0.3) is 0 Å². The standard InChI is InChI=1S/C14H25NO3/c1-14(2,3)10-12(16)15-9-5-4-6-11(15)7-8-13(17)18/h11H,4-10H2,1-3H3,(H,17,18). The molecule has 1 heterocycles. The molecule has 0 bridgehead atoms. The molecule has 1 unspecified atom stereocenters. The van der Waals surface area contributed by atoms with Crippen LogP contribution in [0.25, 0.3) is 0 Å². The third-order valence-corrected chi connectivity index (χ3v) is 3.32. The van der Waals surface area contributed by atoms with Gasteiger partial charge in [-0.25, -0.2) is 0 Å². The second-order valence-electron chi connectivity index (χ2n) is 6.41. The number of carbonyl (C=O) groups excluding carboxylic acids is 1. The number of carboxylic acids is 1. The van der Waals surface area contributed by atoms with E-state index < -0.39 is 5.97 Å². The van der Waals surface area contributed by atoms with Crippen molar-refractivity contribution in [1.29, 1.82) is 0 Å². The Hall–Kier alpha value is -1.06. The van der Waals surface area contributed by atoms with Crippen molar-refractivity contribution in [3.63, 3.8) is 0 Å². The van der Waals surface area contributed by atoms with Crippen LogP contribution in [-0.2, 0) is 9.59 Å². The van der Waals surface area contributed by atoms with Crippen LogP contribution in [0.5, 0.6) is 0 Å². The number of rotatable bonds is 4. The molecule has 0 saturated carbocycles. The van der Waals surface area contributed by atoms with Crippen LogP contribution in [0.1, 0.15) is 59.3 Å². The molecule has 0 aromatic heterocycles. The van der Waals surface area contributed by atoms with Crippen molar-refractivity contribution in [2.75, 3.05) is 6.54 Å². The van der Waals surface area contributed by atoms with Gasteiger partial charge in [-0.05, 0) is 31.1 Å². The Morgan fingerprint density at radius 3 is 2.50 bits per heavy atom. The summed E-state index contributed by atoms with van der Waals surface area (Å²) in [5.74, 6) is -0.596. The first kappa shape index (κ1) is 15.0. The number of carbonyl (C=O) groups is 2. The molecule has 1 amide bonds. The first-order valence-electron chi connectivity index (χ1n) is 6.81. The van der Waals surface area contributed by atoms with E-state index in [4.69, 9.17) is 5.11 Å². The second kappa shape index (κ2) is 6.21. The Morgan fingerprint density at radius 1 is 1.28 bits per heavy atom. The summed E-state index contributed by atoms with van der Waals surface area (Å²) in [4.78, 5) is 24.8. The van der Waals surface area contributed by atoms with Crippen molar-refractivity contribution >= 4 is 11.9 Å². The lowest BCUT2D eigenvalue weighted by atomic mass is 9.90. The van der Waals surface area contributed by atoms with Crippen molar-refractivity contribution in [1.82, 2.24) is 4.90 Å². The summed E-state index contributed by atoms with van der Waals surface area (Å²) >= 11 is 0. The van der Waals surface area contributed by atoms with Crippen LogP contribution in [0.2, 0.25) is 0 Å². The van der Waals surface area contributed by atoms with Crippen molar-refractivity contribution in [3.05, 3.63) is 0 Å². The fourth-order valence-electron chi connectivity index (χ4n) is 2.47. The van der Waals surface area contributed by atoms with Crippen LogP contribution in [-0.4, -0.2) is 34.5 Å². The smallest absolute Gasteiger partial charge is 0.303 e. The first-order valence-corrected chi connectivity index (χ1v) is 6.81. The van der Waals surface area contributed by atoms with Gasteiger partial charge in [0.2, 0.25) is 5.91 Å². The fraction of sp³-hybridized carbons (Fsp3) is 0.857. The predicted molar refractivity (Wildman–Crippen MR) is 70.3 cm³/mol. The van der Waals surface area contributed by atoms with E-state index in [1.165, 1.54) is 0 Å². The van der Waals surface area contributed by atoms with Gasteiger partial charge in [-0.2, -0.15) is 0 Å². The quantitative estimate of drug-likeness (QED) is 0.840. The molecular weight excluding hydrogens is 230 g/mol. The largest absolute Gasteiger partial charge is 0.481 e. The molecule has 0 aromatic rings. The topological polar surface area (TPSA) is 57.6 Å². The van der Waals surface area contributed by atoms with Crippen LogP contribution in [0.15, 0.2) is 0 Å². The van der Waals surface area contributed by atoms with E-state index >= 15 is 0 Å². The van der Waals surface area contributed by atoms with Crippen LogP contribution in [0, 0.1) is 5.41 Å². The first-order chi connectivity index (χ1) is 8.29. The van der Waals surface area contributed by atoms with Crippen LogP contribution < -0.4 is 0 Å². The van der Waals surface area contributed by atoms with Gasteiger partial charge in [0, 0.05) is 25.4 Å². The lowest BCUT2D eigenvalue weighted by molar-refractivity contribution is -0.141. The van der Waals surface area contributed by atoms with Gasteiger partial charge in [-0.15, -0.1) is 0 Å². The van der Waals surface area contributed by atoms with Crippen molar-refractivity contribution in [3.8, 4) is 0 Å². The Bertz CT molecular complexity index is 307. The molecule has 1 aliphatic heterocycles. The lowest BCUT2D eigenvalue weighted by Gasteiger charge is -2.37. The van der Waals surface area contributed by atoms with E-state index in [1.54, 1.807) is 0 Å². The number of nitrogens with zero attached hydrogens (tertiary/aromatic N) is 1. The van der Waals surface area contributed by atoms with E-state index in [0.717, 1.165) is 25.8 Å². The molecule has 1 fully saturated rings. The minimum absolute atomic E-state index is 0.00806. The van der Waals surface area contributed by atoms with E-state index in [9.17, 15) is 9.59 Å². The zero-order chi connectivity index (χ0) is 13.8. The van der Waals surface area contributed by atoms with Crippen LogP contribution >= 0.6 is 0 Å². The molecule has 1 saturated heterocycles. The number of hydrogen-bond acceptors (Lipinski definition) is 2. The Kier molecular flexibility index (Phi) is 5.17. The monoisotopic (exact) mass is 255 g/mol. The van der Waals surface area contributed by atoms with E-state index in [2.05, 4.69) is 20.8 Å². The summed E-state index contributed by atoms with van der Waals surface area (Å²) in [6.45, 7) is 6.96. The summed E-state index contributed by atoms with van der Waals surface area (Å²) in [6, 6.07) is 0.129.